The minimum Gasteiger partial charge on any atom is -0.345 e. The van der Waals surface area contributed by atoms with Gasteiger partial charge in [0.15, 0.2) is 0 Å². The Hall–Kier alpha value is -0.860. The Kier molecular flexibility index (Phi) is 5.58. The third kappa shape index (κ3) is 3.34. The van der Waals surface area contributed by atoms with E-state index in [1.807, 2.05) is 6.92 Å². The van der Waals surface area contributed by atoms with Crippen molar-refractivity contribution in [3.8, 4) is 0 Å². The first-order valence-corrected chi connectivity index (χ1v) is 9.10. The Morgan fingerprint density at radius 1 is 1.52 bits per heavy atom. The van der Waals surface area contributed by atoms with Crippen molar-refractivity contribution >= 4 is 45.1 Å². The number of pyridine rings is 1. The molecule has 3 heterocycles. The van der Waals surface area contributed by atoms with Crippen molar-refractivity contribution in [2.24, 2.45) is 11.7 Å². The molecule has 9 heteroatoms. The molecule has 0 spiro atoms. The van der Waals surface area contributed by atoms with Crippen LogP contribution in [0.25, 0.3) is 11.0 Å². The Balaban J connectivity index is 0.00000192. The fourth-order valence-corrected chi connectivity index (χ4v) is 4.96. The van der Waals surface area contributed by atoms with Gasteiger partial charge in [-0.1, -0.05) is 11.6 Å². The van der Waals surface area contributed by atoms with Crippen LogP contribution in [0.2, 0.25) is 5.02 Å². The van der Waals surface area contributed by atoms with Gasteiger partial charge < -0.3 is 10.7 Å². The first-order valence-electron chi connectivity index (χ1n) is 7.28. The molecule has 1 aliphatic heterocycles. The van der Waals surface area contributed by atoms with Gasteiger partial charge in [-0.3, -0.25) is 0 Å². The number of nitrogens with two attached hydrogens (primary N) is 1. The first-order chi connectivity index (χ1) is 10.4. The zero-order valence-electron chi connectivity index (χ0n) is 12.7. The van der Waals surface area contributed by atoms with E-state index in [1.165, 1.54) is 10.5 Å². The van der Waals surface area contributed by atoms with Gasteiger partial charge in [0.25, 0.3) is 0 Å². The van der Waals surface area contributed by atoms with E-state index < -0.39 is 10.0 Å². The maximum Gasteiger partial charge on any atom is 0.245 e. The number of nitrogens with one attached hydrogen (secondary N) is 1. The van der Waals surface area contributed by atoms with Gasteiger partial charge in [-0.05, 0) is 31.7 Å². The van der Waals surface area contributed by atoms with Crippen molar-refractivity contribution in [1.82, 2.24) is 14.3 Å². The second kappa shape index (κ2) is 6.94. The second-order valence-corrected chi connectivity index (χ2v) is 8.11. The molecular weight excluding hydrogens is 359 g/mol. The van der Waals surface area contributed by atoms with Crippen LogP contribution in [0.3, 0.4) is 0 Å². The fraction of sp³-hybridized carbons (Fsp3) is 0.500. The van der Waals surface area contributed by atoms with Gasteiger partial charge >= 0.3 is 0 Å². The molecule has 128 valence electrons. The zero-order chi connectivity index (χ0) is 15.9. The molecule has 0 aromatic carbocycles. The van der Waals surface area contributed by atoms with E-state index in [9.17, 15) is 8.42 Å². The fourth-order valence-electron chi connectivity index (χ4n) is 2.95. The zero-order valence-corrected chi connectivity index (χ0v) is 15.1. The van der Waals surface area contributed by atoms with Gasteiger partial charge in [-0.25, -0.2) is 13.4 Å². The minimum absolute atomic E-state index is 0. The summed E-state index contributed by atoms with van der Waals surface area (Å²) in [7, 11) is -3.61. The van der Waals surface area contributed by atoms with Gasteiger partial charge in [-0.15, -0.1) is 12.4 Å². The average Bonchev–Trinajstić information content (AvgIpc) is 2.93. The lowest BCUT2D eigenvalue weighted by molar-refractivity contribution is 0.243. The van der Waals surface area contributed by atoms with Crippen molar-refractivity contribution in [3.63, 3.8) is 0 Å². The molecule has 0 radical (unpaired) electrons. The predicted molar refractivity (Wildman–Crippen MR) is 93.5 cm³/mol. The smallest absolute Gasteiger partial charge is 0.245 e. The average molecular weight is 379 g/mol. The molecule has 0 aliphatic carbocycles. The van der Waals surface area contributed by atoms with Crippen LogP contribution in [-0.4, -0.2) is 41.8 Å². The molecule has 1 saturated heterocycles. The maximum atomic E-state index is 13.0. The SMILES string of the molecule is CC(N)C1CCCN(S(=O)(=O)c2c[nH]c3nccc(Cl)c23)C1.Cl. The van der Waals surface area contributed by atoms with Crippen LogP contribution in [0.15, 0.2) is 23.4 Å². The summed E-state index contributed by atoms with van der Waals surface area (Å²) in [6.07, 6.45) is 4.79. The van der Waals surface area contributed by atoms with Crippen molar-refractivity contribution in [3.05, 3.63) is 23.5 Å². The Morgan fingerprint density at radius 3 is 2.96 bits per heavy atom. The monoisotopic (exact) mass is 378 g/mol. The standard InChI is InChI=1S/C14H19ClN4O2S.ClH/c1-9(16)10-3-2-6-19(8-10)22(20,21)12-7-18-14-13(12)11(15)4-5-17-14;/h4-5,7,9-10H,2-3,6,8,16H2,1H3,(H,17,18);1H. The largest absolute Gasteiger partial charge is 0.345 e. The number of aromatic amines is 1. The summed E-state index contributed by atoms with van der Waals surface area (Å²) in [5, 5.41) is 0.831. The molecule has 2 aromatic heterocycles. The highest BCUT2D eigenvalue weighted by Crippen LogP contribution is 2.32. The van der Waals surface area contributed by atoms with Crippen LogP contribution in [0.4, 0.5) is 0 Å². The molecule has 1 aliphatic rings. The van der Waals surface area contributed by atoms with Gasteiger partial charge in [-0.2, -0.15) is 4.31 Å². The Morgan fingerprint density at radius 2 is 2.26 bits per heavy atom. The number of piperidine rings is 1. The molecule has 0 amide bonds. The Labute approximate surface area is 146 Å². The molecular formula is C14H20Cl2N4O2S. The van der Waals surface area contributed by atoms with Crippen LogP contribution in [-0.2, 0) is 10.0 Å². The van der Waals surface area contributed by atoms with E-state index in [-0.39, 0.29) is 29.3 Å². The van der Waals surface area contributed by atoms with Crippen molar-refractivity contribution < 1.29 is 8.42 Å². The van der Waals surface area contributed by atoms with E-state index in [2.05, 4.69) is 9.97 Å². The number of rotatable bonds is 3. The second-order valence-electron chi connectivity index (χ2n) is 5.79. The van der Waals surface area contributed by atoms with E-state index in [0.29, 0.717) is 29.1 Å². The summed E-state index contributed by atoms with van der Waals surface area (Å²) < 4.78 is 27.4. The van der Waals surface area contributed by atoms with E-state index in [4.69, 9.17) is 17.3 Å². The molecule has 0 saturated carbocycles. The third-order valence-corrected chi connectivity index (χ3v) is 6.47. The quantitative estimate of drug-likeness (QED) is 0.857. The number of sulfonamides is 1. The minimum atomic E-state index is -3.61. The molecule has 2 unspecified atom stereocenters. The first kappa shape index (κ1) is 18.5. The van der Waals surface area contributed by atoms with Crippen LogP contribution in [0.1, 0.15) is 19.8 Å². The van der Waals surface area contributed by atoms with Crippen LogP contribution in [0.5, 0.6) is 0 Å². The molecule has 3 rings (SSSR count). The molecule has 2 atom stereocenters. The molecule has 1 fully saturated rings. The number of hydrogen-bond donors (Lipinski definition) is 2. The van der Waals surface area contributed by atoms with Gasteiger partial charge in [0.05, 0.1) is 10.4 Å². The van der Waals surface area contributed by atoms with Crippen LogP contribution < -0.4 is 5.73 Å². The van der Waals surface area contributed by atoms with Crippen molar-refractivity contribution in [2.75, 3.05) is 13.1 Å². The van der Waals surface area contributed by atoms with Crippen molar-refractivity contribution in [1.29, 1.82) is 0 Å². The van der Waals surface area contributed by atoms with Crippen LogP contribution >= 0.6 is 24.0 Å². The number of aromatic nitrogens is 2. The third-order valence-electron chi connectivity index (χ3n) is 4.27. The summed E-state index contributed by atoms with van der Waals surface area (Å²) in [4.78, 5) is 7.19. The molecule has 3 N–H and O–H groups in total. The summed E-state index contributed by atoms with van der Waals surface area (Å²) in [6.45, 7) is 2.88. The summed E-state index contributed by atoms with van der Waals surface area (Å²) in [5.41, 5.74) is 6.43. The number of fused-ring (bicyclic) bond motifs is 1. The van der Waals surface area contributed by atoms with Gasteiger partial charge in [0.2, 0.25) is 10.0 Å². The number of H-pyrrole nitrogens is 1. The summed E-state index contributed by atoms with van der Waals surface area (Å²) in [5.74, 6) is 0.183. The predicted octanol–water partition coefficient (Wildman–Crippen LogP) is 2.39. The summed E-state index contributed by atoms with van der Waals surface area (Å²) in [6, 6.07) is 1.57. The Bertz CT molecular complexity index is 791. The molecule has 2 aromatic rings. The normalized spacial score (nSPS) is 21.1. The highest BCUT2D eigenvalue weighted by molar-refractivity contribution is 7.89. The number of halogens is 2. The van der Waals surface area contributed by atoms with E-state index in [1.54, 1.807) is 12.3 Å². The van der Waals surface area contributed by atoms with Gasteiger partial charge in [0, 0.05) is 31.5 Å². The highest BCUT2D eigenvalue weighted by atomic mass is 35.5. The lowest BCUT2D eigenvalue weighted by Gasteiger charge is -2.33. The summed E-state index contributed by atoms with van der Waals surface area (Å²) >= 11 is 6.16. The van der Waals surface area contributed by atoms with Crippen LogP contribution in [0, 0.1) is 5.92 Å². The van der Waals surface area contributed by atoms with Crippen molar-refractivity contribution in [2.45, 2.75) is 30.7 Å². The molecule has 0 bridgehead atoms. The number of nitrogens with zero attached hydrogens (tertiary/aromatic N) is 2. The van der Waals surface area contributed by atoms with E-state index in [0.717, 1.165) is 12.8 Å². The van der Waals surface area contributed by atoms with Gasteiger partial charge in [0.1, 0.15) is 10.5 Å². The highest BCUT2D eigenvalue weighted by Gasteiger charge is 2.33. The van der Waals surface area contributed by atoms with E-state index >= 15 is 0 Å². The number of hydrogen-bond acceptors (Lipinski definition) is 4. The maximum absolute atomic E-state index is 13.0. The lowest BCUT2D eigenvalue weighted by Crippen LogP contribution is -2.44. The topological polar surface area (TPSA) is 92.1 Å². The lowest BCUT2D eigenvalue weighted by atomic mass is 9.93. The molecule has 23 heavy (non-hydrogen) atoms. The molecule has 6 nitrogen and oxygen atoms in total.